The van der Waals surface area contributed by atoms with E-state index in [9.17, 15) is 4.79 Å². The van der Waals surface area contributed by atoms with Crippen LogP contribution < -0.4 is 10.6 Å². The lowest BCUT2D eigenvalue weighted by molar-refractivity contribution is 0.183. The fraction of sp³-hybridized carbons (Fsp3) is 0.917. The van der Waals surface area contributed by atoms with E-state index in [4.69, 9.17) is 5.11 Å². The van der Waals surface area contributed by atoms with Gasteiger partial charge in [-0.2, -0.15) is 0 Å². The standard InChI is InChI=1S/C12H24N2O2/c1-10(15)5-8-13-11(16)14-9-12(2)6-3-4-7-12/h10,15H,3-9H2,1-2H3,(H2,13,14,16). The number of carbonyl (C=O) groups excluding carboxylic acids is 1. The van der Waals surface area contributed by atoms with Crippen LogP contribution in [0.4, 0.5) is 4.79 Å². The van der Waals surface area contributed by atoms with E-state index >= 15 is 0 Å². The predicted molar refractivity (Wildman–Crippen MR) is 64.3 cm³/mol. The van der Waals surface area contributed by atoms with E-state index in [-0.39, 0.29) is 12.1 Å². The minimum absolute atomic E-state index is 0.117. The van der Waals surface area contributed by atoms with Gasteiger partial charge in [0.25, 0.3) is 0 Å². The molecular formula is C12H24N2O2. The van der Waals surface area contributed by atoms with Gasteiger partial charge in [0, 0.05) is 13.1 Å². The smallest absolute Gasteiger partial charge is 0.314 e. The van der Waals surface area contributed by atoms with Gasteiger partial charge in [-0.1, -0.05) is 19.8 Å². The molecule has 0 aromatic carbocycles. The highest BCUT2D eigenvalue weighted by atomic mass is 16.3. The van der Waals surface area contributed by atoms with Crippen molar-refractivity contribution in [1.29, 1.82) is 0 Å². The second-order valence-electron chi connectivity index (χ2n) is 5.26. The van der Waals surface area contributed by atoms with Crippen LogP contribution in [0.5, 0.6) is 0 Å². The Morgan fingerprint density at radius 3 is 2.56 bits per heavy atom. The van der Waals surface area contributed by atoms with E-state index in [1.807, 2.05) is 0 Å². The molecule has 0 aromatic heterocycles. The molecule has 1 rings (SSSR count). The van der Waals surface area contributed by atoms with Crippen molar-refractivity contribution in [3.63, 3.8) is 0 Å². The maximum atomic E-state index is 11.4. The zero-order valence-electron chi connectivity index (χ0n) is 10.4. The molecular weight excluding hydrogens is 204 g/mol. The molecule has 16 heavy (non-hydrogen) atoms. The average Bonchev–Trinajstić information content (AvgIpc) is 2.62. The molecule has 1 unspecified atom stereocenters. The van der Waals surface area contributed by atoms with Crippen molar-refractivity contribution in [3.8, 4) is 0 Å². The molecule has 1 aliphatic carbocycles. The molecule has 1 saturated carbocycles. The van der Waals surface area contributed by atoms with Crippen LogP contribution in [-0.2, 0) is 0 Å². The van der Waals surface area contributed by atoms with Gasteiger partial charge in [0.2, 0.25) is 0 Å². The van der Waals surface area contributed by atoms with Crippen LogP contribution in [0.25, 0.3) is 0 Å². The number of nitrogens with one attached hydrogen (secondary N) is 2. The van der Waals surface area contributed by atoms with Crippen LogP contribution in [0, 0.1) is 5.41 Å². The number of carbonyl (C=O) groups is 1. The number of urea groups is 1. The molecule has 0 heterocycles. The van der Waals surface area contributed by atoms with Gasteiger partial charge >= 0.3 is 6.03 Å². The minimum Gasteiger partial charge on any atom is -0.393 e. The molecule has 0 bridgehead atoms. The number of hydrogen-bond acceptors (Lipinski definition) is 2. The highest BCUT2D eigenvalue weighted by Crippen LogP contribution is 2.36. The van der Waals surface area contributed by atoms with Crippen molar-refractivity contribution in [2.24, 2.45) is 5.41 Å². The first-order valence-corrected chi connectivity index (χ1v) is 6.22. The molecule has 2 amide bonds. The Kier molecular flexibility index (Phi) is 5.06. The number of rotatable bonds is 5. The van der Waals surface area contributed by atoms with Gasteiger partial charge in [-0.15, -0.1) is 0 Å². The number of aliphatic hydroxyl groups excluding tert-OH is 1. The second-order valence-corrected chi connectivity index (χ2v) is 5.26. The largest absolute Gasteiger partial charge is 0.393 e. The summed E-state index contributed by atoms with van der Waals surface area (Å²) in [7, 11) is 0. The third-order valence-electron chi connectivity index (χ3n) is 3.33. The highest BCUT2D eigenvalue weighted by molar-refractivity contribution is 5.73. The van der Waals surface area contributed by atoms with E-state index < -0.39 is 0 Å². The Hall–Kier alpha value is -0.770. The number of aliphatic hydroxyl groups is 1. The van der Waals surface area contributed by atoms with Gasteiger partial charge in [0.1, 0.15) is 0 Å². The van der Waals surface area contributed by atoms with Gasteiger partial charge in [-0.25, -0.2) is 4.79 Å². The molecule has 1 fully saturated rings. The first-order valence-electron chi connectivity index (χ1n) is 6.22. The Bertz CT molecular complexity index is 223. The van der Waals surface area contributed by atoms with Gasteiger partial charge in [-0.05, 0) is 31.6 Å². The topological polar surface area (TPSA) is 61.4 Å². The summed E-state index contributed by atoms with van der Waals surface area (Å²) in [5.74, 6) is 0. The molecule has 3 N–H and O–H groups in total. The van der Waals surface area contributed by atoms with Crippen LogP contribution in [0.2, 0.25) is 0 Å². The molecule has 0 aliphatic heterocycles. The van der Waals surface area contributed by atoms with Crippen LogP contribution in [0.1, 0.15) is 46.0 Å². The predicted octanol–water partition coefficient (Wildman–Crippen LogP) is 1.64. The molecule has 4 heteroatoms. The van der Waals surface area contributed by atoms with Crippen molar-refractivity contribution in [3.05, 3.63) is 0 Å². The lowest BCUT2D eigenvalue weighted by Crippen LogP contribution is -2.41. The van der Waals surface area contributed by atoms with Gasteiger partial charge in [0.15, 0.2) is 0 Å². The van der Waals surface area contributed by atoms with Crippen molar-refractivity contribution >= 4 is 6.03 Å². The number of amides is 2. The summed E-state index contributed by atoms with van der Waals surface area (Å²) in [4.78, 5) is 11.4. The van der Waals surface area contributed by atoms with Gasteiger partial charge < -0.3 is 15.7 Å². The summed E-state index contributed by atoms with van der Waals surface area (Å²) in [6.07, 6.45) is 5.23. The third kappa shape index (κ3) is 4.84. The highest BCUT2D eigenvalue weighted by Gasteiger charge is 2.28. The van der Waals surface area contributed by atoms with E-state index in [0.717, 1.165) is 6.54 Å². The average molecular weight is 228 g/mol. The molecule has 4 nitrogen and oxygen atoms in total. The zero-order chi connectivity index (χ0) is 12.0. The molecule has 0 saturated heterocycles. The molecule has 0 radical (unpaired) electrons. The summed E-state index contributed by atoms with van der Waals surface area (Å²) in [6, 6.07) is -0.117. The molecule has 1 aliphatic rings. The zero-order valence-corrected chi connectivity index (χ0v) is 10.4. The van der Waals surface area contributed by atoms with Crippen molar-refractivity contribution in [2.75, 3.05) is 13.1 Å². The quantitative estimate of drug-likeness (QED) is 0.670. The normalized spacial score (nSPS) is 20.4. The summed E-state index contributed by atoms with van der Waals surface area (Å²) < 4.78 is 0. The van der Waals surface area contributed by atoms with Gasteiger partial charge in [-0.3, -0.25) is 0 Å². The Balaban J connectivity index is 2.10. The lowest BCUT2D eigenvalue weighted by atomic mass is 9.89. The van der Waals surface area contributed by atoms with Crippen molar-refractivity contribution < 1.29 is 9.90 Å². The van der Waals surface area contributed by atoms with Gasteiger partial charge in [0.05, 0.1) is 6.10 Å². The second kappa shape index (κ2) is 6.09. The van der Waals surface area contributed by atoms with Crippen molar-refractivity contribution in [2.45, 2.75) is 52.1 Å². The summed E-state index contributed by atoms with van der Waals surface area (Å²) in [5.41, 5.74) is 0.293. The van der Waals surface area contributed by atoms with Crippen molar-refractivity contribution in [1.82, 2.24) is 10.6 Å². The van der Waals surface area contributed by atoms with E-state index in [0.29, 0.717) is 18.4 Å². The minimum atomic E-state index is -0.354. The maximum absolute atomic E-state index is 11.4. The fourth-order valence-electron chi connectivity index (χ4n) is 2.16. The van der Waals surface area contributed by atoms with Crippen LogP contribution in [0.15, 0.2) is 0 Å². The summed E-state index contributed by atoms with van der Waals surface area (Å²) in [5, 5.41) is 14.7. The van der Waals surface area contributed by atoms with Crippen LogP contribution >= 0.6 is 0 Å². The Labute approximate surface area is 97.8 Å². The summed E-state index contributed by atoms with van der Waals surface area (Å²) in [6.45, 7) is 5.24. The molecule has 0 aromatic rings. The Morgan fingerprint density at radius 2 is 2.00 bits per heavy atom. The Morgan fingerprint density at radius 1 is 1.38 bits per heavy atom. The fourth-order valence-corrected chi connectivity index (χ4v) is 2.16. The first kappa shape index (κ1) is 13.3. The first-order chi connectivity index (χ1) is 7.52. The number of hydrogen-bond donors (Lipinski definition) is 3. The van der Waals surface area contributed by atoms with E-state index in [1.165, 1.54) is 25.7 Å². The van der Waals surface area contributed by atoms with Crippen LogP contribution in [-0.4, -0.2) is 30.3 Å². The molecule has 0 spiro atoms. The molecule has 94 valence electrons. The van der Waals surface area contributed by atoms with E-state index in [2.05, 4.69) is 17.6 Å². The molecule has 1 atom stereocenters. The SMILES string of the molecule is CC(O)CCNC(=O)NCC1(C)CCCC1. The lowest BCUT2D eigenvalue weighted by Gasteiger charge is -2.23. The van der Waals surface area contributed by atoms with Crippen LogP contribution in [0.3, 0.4) is 0 Å². The van der Waals surface area contributed by atoms with E-state index in [1.54, 1.807) is 6.92 Å². The monoisotopic (exact) mass is 228 g/mol. The third-order valence-corrected chi connectivity index (χ3v) is 3.33. The summed E-state index contributed by atoms with van der Waals surface area (Å²) >= 11 is 0. The maximum Gasteiger partial charge on any atom is 0.314 e.